The van der Waals surface area contributed by atoms with Crippen LogP contribution in [0, 0.1) is 0 Å². The Morgan fingerprint density at radius 3 is 1.70 bits per heavy atom. The van der Waals surface area contributed by atoms with E-state index in [9.17, 15) is 14.1 Å². The number of phosphoric acid groups is 1. The molecule has 2 atom stereocenters. The summed E-state index contributed by atoms with van der Waals surface area (Å²) in [7, 11) is -4.73. The predicted molar refractivity (Wildman–Crippen MR) is 107 cm³/mol. The molecule has 164 valence electrons. The van der Waals surface area contributed by atoms with Gasteiger partial charge < -0.3 is 20.6 Å². The Hall–Kier alpha value is -0.0400. The molecule has 0 bridgehead atoms. The Labute approximate surface area is 164 Å². The summed E-state index contributed by atoms with van der Waals surface area (Å²) in [4.78, 5) is 17.4. The van der Waals surface area contributed by atoms with Crippen molar-refractivity contribution in [2.24, 2.45) is 5.73 Å². The summed E-state index contributed by atoms with van der Waals surface area (Å²) in [6.45, 7) is 0.412. The highest BCUT2D eigenvalue weighted by atomic mass is 31.2. The Morgan fingerprint density at radius 1 is 0.926 bits per heavy atom. The van der Waals surface area contributed by atoms with Crippen LogP contribution in [0.25, 0.3) is 0 Å². The molecule has 0 radical (unpaired) electrons. The molecule has 0 aromatic carbocycles. The number of nitrogens with two attached hydrogens (primary N) is 1. The molecule has 0 spiro atoms. The molecule has 5 N–H and O–H groups in total. The van der Waals surface area contributed by atoms with Crippen LogP contribution in [0.4, 0.5) is 4.39 Å². The topological polar surface area (TPSA) is 113 Å². The molecule has 0 aromatic heterocycles. The fourth-order valence-electron chi connectivity index (χ4n) is 3.07. The van der Waals surface area contributed by atoms with E-state index in [4.69, 9.17) is 15.5 Å². The van der Waals surface area contributed by atoms with Gasteiger partial charge in [-0.3, -0.25) is 4.52 Å². The molecule has 0 aromatic rings. The summed E-state index contributed by atoms with van der Waals surface area (Å²) in [6, 6.07) is 0. The maximum absolute atomic E-state index is 13.1. The zero-order valence-corrected chi connectivity index (χ0v) is 17.8. The number of unbranched alkanes of at least 4 members (excludes halogenated alkanes) is 12. The van der Waals surface area contributed by atoms with Gasteiger partial charge in [0.25, 0.3) is 0 Å². The quantitative estimate of drug-likeness (QED) is 0.182. The van der Waals surface area contributed by atoms with Gasteiger partial charge in [0.15, 0.2) is 0 Å². The van der Waals surface area contributed by atoms with Crippen LogP contribution in [-0.4, -0.2) is 39.8 Å². The van der Waals surface area contributed by atoms with Crippen LogP contribution >= 0.6 is 7.82 Å². The summed E-state index contributed by atoms with van der Waals surface area (Å²) in [5.41, 5.74) is 3.92. The van der Waals surface area contributed by atoms with Crippen molar-refractivity contribution in [1.82, 2.24) is 0 Å². The minimum atomic E-state index is -4.73. The minimum Gasteiger partial charge on any atom is -0.391 e. The fraction of sp³-hybridized carbons (Fsp3) is 1.00. The molecule has 0 aliphatic carbocycles. The lowest BCUT2D eigenvalue weighted by atomic mass is 9.91. The van der Waals surface area contributed by atoms with E-state index in [1.807, 2.05) is 0 Å². The van der Waals surface area contributed by atoms with Gasteiger partial charge in [-0.25, -0.2) is 8.96 Å². The fourth-order valence-corrected chi connectivity index (χ4v) is 3.48. The lowest BCUT2D eigenvalue weighted by Gasteiger charge is -2.31. The first-order chi connectivity index (χ1) is 12.7. The van der Waals surface area contributed by atoms with Gasteiger partial charge >= 0.3 is 7.82 Å². The lowest BCUT2D eigenvalue weighted by Crippen LogP contribution is -2.56. The molecule has 0 saturated heterocycles. The number of phosphoric ester groups is 1. The summed E-state index contributed by atoms with van der Waals surface area (Å²) in [5, 5.41) is 10.0. The Morgan fingerprint density at radius 2 is 1.33 bits per heavy atom. The van der Waals surface area contributed by atoms with Crippen molar-refractivity contribution in [2.75, 3.05) is 13.3 Å². The molecule has 0 amide bonds. The number of aliphatic hydroxyl groups excluding tert-OH is 1. The average molecular weight is 414 g/mol. The standard InChI is InChI=1S/C19H41FNO5P/c1-2-3-4-5-6-7-8-9-10-11-12-13-14-15-18(22)19(21,16-20)17-26-27(23,24)25/h18,22H,2-17,21H2,1H3,(H2,23,24,25). The van der Waals surface area contributed by atoms with Gasteiger partial charge in [0, 0.05) is 0 Å². The van der Waals surface area contributed by atoms with E-state index in [2.05, 4.69) is 11.4 Å². The first kappa shape index (κ1) is 27.0. The molecule has 0 saturated carbocycles. The van der Waals surface area contributed by atoms with Crippen molar-refractivity contribution in [3.8, 4) is 0 Å². The predicted octanol–water partition coefficient (Wildman–Crippen LogP) is 4.60. The highest BCUT2D eigenvalue weighted by molar-refractivity contribution is 7.46. The molecule has 0 aliphatic heterocycles. The molecule has 6 nitrogen and oxygen atoms in total. The van der Waals surface area contributed by atoms with Gasteiger partial charge in [-0.2, -0.15) is 0 Å². The molecule has 0 heterocycles. The van der Waals surface area contributed by atoms with Crippen LogP contribution in [0.1, 0.15) is 96.8 Å². The maximum Gasteiger partial charge on any atom is 0.469 e. The molecular weight excluding hydrogens is 372 g/mol. The second-order valence-electron chi connectivity index (χ2n) is 7.68. The third kappa shape index (κ3) is 15.5. The van der Waals surface area contributed by atoms with E-state index in [1.54, 1.807) is 0 Å². The van der Waals surface area contributed by atoms with Crippen LogP contribution < -0.4 is 5.73 Å². The Balaban J connectivity index is 3.63. The number of rotatable bonds is 19. The van der Waals surface area contributed by atoms with Crippen LogP contribution in [0.15, 0.2) is 0 Å². The Kier molecular flexibility index (Phi) is 15.8. The number of hydrogen-bond acceptors (Lipinski definition) is 4. The summed E-state index contributed by atoms with van der Waals surface area (Å²) >= 11 is 0. The number of alkyl halides is 1. The summed E-state index contributed by atoms with van der Waals surface area (Å²) < 4.78 is 28.1. The van der Waals surface area contributed by atoms with Gasteiger partial charge in [-0.1, -0.05) is 90.4 Å². The van der Waals surface area contributed by atoms with E-state index in [1.165, 1.54) is 57.8 Å². The molecule has 0 rings (SSSR count). The Bertz CT molecular complexity index is 396. The van der Waals surface area contributed by atoms with Crippen LogP contribution in [-0.2, 0) is 9.09 Å². The number of hydrogen-bond donors (Lipinski definition) is 4. The van der Waals surface area contributed by atoms with Gasteiger partial charge in [-0.15, -0.1) is 0 Å². The third-order valence-corrected chi connectivity index (χ3v) is 5.46. The SMILES string of the molecule is CCCCCCCCCCCCCCCC(O)C(N)(CF)COP(=O)(O)O. The first-order valence-electron chi connectivity index (χ1n) is 10.5. The van der Waals surface area contributed by atoms with Gasteiger partial charge in [0.1, 0.15) is 6.67 Å². The normalized spacial score (nSPS) is 15.6. The van der Waals surface area contributed by atoms with E-state index < -0.39 is 32.7 Å². The van der Waals surface area contributed by atoms with Crippen molar-refractivity contribution in [3.63, 3.8) is 0 Å². The molecular formula is C19H41FNO5P. The molecule has 8 heteroatoms. The maximum atomic E-state index is 13.1. The van der Waals surface area contributed by atoms with Crippen molar-refractivity contribution in [3.05, 3.63) is 0 Å². The molecule has 0 aliphatic rings. The van der Waals surface area contributed by atoms with E-state index in [-0.39, 0.29) is 0 Å². The van der Waals surface area contributed by atoms with E-state index in [0.29, 0.717) is 12.8 Å². The molecule has 2 unspecified atom stereocenters. The van der Waals surface area contributed by atoms with Crippen LogP contribution in [0.3, 0.4) is 0 Å². The van der Waals surface area contributed by atoms with Crippen molar-refractivity contribution < 1.29 is 28.4 Å². The summed E-state index contributed by atoms with van der Waals surface area (Å²) in [6.07, 6.45) is 14.8. The second kappa shape index (κ2) is 15.8. The molecule has 0 fully saturated rings. The zero-order chi connectivity index (χ0) is 20.6. The van der Waals surface area contributed by atoms with E-state index in [0.717, 1.165) is 19.3 Å². The van der Waals surface area contributed by atoms with Crippen molar-refractivity contribution in [1.29, 1.82) is 0 Å². The summed E-state index contributed by atoms with van der Waals surface area (Å²) in [5.74, 6) is 0. The smallest absolute Gasteiger partial charge is 0.391 e. The van der Waals surface area contributed by atoms with E-state index >= 15 is 0 Å². The van der Waals surface area contributed by atoms with Gasteiger partial charge in [0.2, 0.25) is 0 Å². The van der Waals surface area contributed by atoms with Crippen molar-refractivity contribution in [2.45, 2.75) is 108 Å². The van der Waals surface area contributed by atoms with Crippen LogP contribution in [0.2, 0.25) is 0 Å². The average Bonchev–Trinajstić information content (AvgIpc) is 2.62. The van der Waals surface area contributed by atoms with Gasteiger partial charge in [0.05, 0.1) is 18.2 Å². The monoisotopic (exact) mass is 413 g/mol. The lowest BCUT2D eigenvalue weighted by molar-refractivity contribution is 0.0204. The second-order valence-corrected chi connectivity index (χ2v) is 8.92. The zero-order valence-electron chi connectivity index (χ0n) is 17.0. The third-order valence-electron chi connectivity index (χ3n) is 4.99. The van der Waals surface area contributed by atoms with Crippen molar-refractivity contribution >= 4 is 7.82 Å². The van der Waals surface area contributed by atoms with Crippen LogP contribution in [0.5, 0.6) is 0 Å². The molecule has 27 heavy (non-hydrogen) atoms. The highest BCUT2D eigenvalue weighted by Gasteiger charge is 2.36. The number of halogens is 1. The van der Waals surface area contributed by atoms with Gasteiger partial charge in [-0.05, 0) is 6.42 Å². The number of aliphatic hydroxyl groups is 1. The highest BCUT2D eigenvalue weighted by Crippen LogP contribution is 2.37. The first-order valence-corrected chi connectivity index (χ1v) is 12.0. The minimum absolute atomic E-state index is 0.294. The largest absolute Gasteiger partial charge is 0.469 e.